The minimum atomic E-state index is 0.333. The molecule has 2 rings (SSSR count). The largest absolute Gasteiger partial charge is 0.454 e. The molecule has 0 bridgehead atoms. The zero-order chi connectivity index (χ0) is 9.80. The van der Waals surface area contributed by atoms with E-state index in [2.05, 4.69) is 11.8 Å². The minimum absolute atomic E-state index is 0.333. The highest BCUT2D eigenvalue weighted by Gasteiger charge is 2.12. The van der Waals surface area contributed by atoms with E-state index in [4.69, 9.17) is 9.47 Å². The van der Waals surface area contributed by atoms with Crippen LogP contribution in [0.5, 0.6) is 11.5 Å². The molecule has 2 nitrogen and oxygen atoms in total. The molecule has 14 heavy (non-hydrogen) atoms. The van der Waals surface area contributed by atoms with Crippen LogP contribution in [0.15, 0.2) is 18.2 Å². The van der Waals surface area contributed by atoms with Crippen molar-refractivity contribution in [2.45, 2.75) is 19.8 Å². The average molecular weight is 188 g/mol. The Bertz CT molecular complexity index is 385. The second-order valence-corrected chi connectivity index (χ2v) is 3.07. The molecular formula is C12H12O2. The lowest BCUT2D eigenvalue weighted by molar-refractivity contribution is 0.174. The summed E-state index contributed by atoms with van der Waals surface area (Å²) < 4.78 is 10.5. The lowest BCUT2D eigenvalue weighted by Gasteiger charge is -1.97. The van der Waals surface area contributed by atoms with Crippen LogP contribution in [0.2, 0.25) is 0 Å². The smallest absolute Gasteiger partial charge is 0.231 e. The van der Waals surface area contributed by atoms with Gasteiger partial charge >= 0.3 is 0 Å². The monoisotopic (exact) mass is 188 g/mol. The van der Waals surface area contributed by atoms with Crippen LogP contribution in [0.3, 0.4) is 0 Å². The number of ether oxygens (including phenoxy) is 2. The lowest BCUT2D eigenvalue weighted by atomic mass is 10.1. The molecule has 0 unspecified atom stereocenters. The van der Waals surface area contributed by atoms with Crippen molar-refractivity contribution >= 4 is 0 Å². The third kappa shape index (κ3) is 1.82. The molecule has 1 heterocycles. The summed E-state index contributed by atoms with van der Waals surface area (Å²) in [5, 5.41) is 0. The van der Waals surface area contributed by atoms with Gasteiger partial charge in [0.1, 0.15) is 0 Å². The maximum atomic E-state index is 5.27. The molecule has 0 fully saturated rings. The van der Waals surface area contributed by atoms with Crippen molar-refractivity contribution in [2.24, 2.45) is 0 Å². The van der Waals surface area contributed by atoms with E-state index in [1.54, 1.807) is 0 Å². The van der Waals surface area contributed by atoms with Crippen LogP contribution in [0, 0.1) is 11.8 Å². The molecule has 72 valence electrons. The topological polar surface area (TPSA) is 18.5 Å². The third-order valence-electron chi connectivity index (χ3n) is 2.03. The molecule has 0 spiro atoms. The van der Waals surface area contributed by atoms with Gasteiger partial charge in [-0.3, -0.25) is 0 Å². The van der Waals surface area contributed by atoms with Crippen molar-refractivity contribution in [1.82, 2.24) is 0 Å². The van der Waals surface area contributed by atoms with E-state index in [1.165, 1.54) is 5.56 Å². The highest BCUT2D eigenvalue weighted by molar-refractivity contribution is 5.45. The summed E-state index contributed by atoms with van der Waals surface area (Å²) in [6, 6.07) is 5.95. The molecule has 0 atom stereocenters. The van der Waals surface area contributed by atoms with Gasteiger partial charge in [-0.15, -0.1) is 5.92 Å². The number of hydrogen-bond donors (Lipinski definition) is 0. The molecule has 0 aliphatic carbocycles. The quantitative estimate of drug-likeness (QED) is 0.630. The molecule has 1 aromatic rings. The summed E-state index contributed by atoms with van der Waals surface area (Å²) in [5.74, 6) is 7.80. The predicted molar refractivity (Wildman–Crippen MR) is 54.3 cm³/mol. The van der Waals surface area contributed by atoms with Gasteiger partial charge in [-0.2, -0.15) is 0 Å². The summed E-state index contributed by atoms with van der Waals surface area (Å²) >= 11 is 0. The second-order valence-electron chi connectivity index (χ2n) is 3.07. The van der Waals surface area contributed by atoms with Crippen LogP contribution >= 0.6 is 0 Å². The molecule has 0 amide bonds. The van der Waals surface area contributed by atoms with E-state index in [0.717, 1.165) is 24.3 Å². The van der Waals surface area contributed by atoms with Crippen LogP contribution in [-0.2, 0) is 6.42 Å². The minimum Gasteiger partial charge on any atom is -0.454 e. The Labute approximate surface area is 83.8 Å². The Morgan fingerprint density at radius 3 is 2.93 bits per heavy atom. The molecule has 0 saturated carbocycles. The Hall–Kier alpha value is -1.62. The van der Waals surface area contributed by atoms with Gasteiger partial charge in [0.15, 0.2) is 11.5 Å². The van der Waals surface area contributed by atoms with E-state index in [9.17, 15) is 0 Å². The lowest BCUT2D eigenvalue weighted by Crippen LogP contribution is -1.92. The van der Waals surface area contributed by atoms with Gasteiger partial charge < -0.3 is 9.47 Å². The Morgan fingerprint density at radius 2 is 2.07 bits per heavy atom. The normalized spacial score (nSPS) is 12.1. The van der Waals surface area contributed by atoms with Gasteiger partial charge in [0.05, 0.1) is 0 Å². The Balaban J connectivity index is 2.12. The van der Waals surface area contributed by atoms with E-state index in [-0.39, 0.29) is 0 Å². The summed E-state index contributed by atoms with van der Waals surface area (Å²) in [7, 11) is 0. The van der Waals surface area contributed by atoms with Crippen molar-refractivity contribution in [3.8, 4) is 23.3 Å². The van der Waals surface area contributed by atoms with E-state index >= 15 is 0 Å². The first kappa shape index (κ1) is 8.96. The number of fused-ring (bicyclic) bond motifs is 1. The van der Waals surface area contributed by atoms with Crippen molar-refractivity contribution < 1.29 is 9.47 Å². The molecule has 2 heteroatoms. The van der Waals surface area contributed by atoms with Crippen molar-refractivity contribution in [2.75, 3.05) is 6.79 Å². The van der Waals surface area contributed by atoms with Crippen molar-refractivity contribution in [3.05, 3.63) is 23.8 Å². The summed E-state index contributed by atoms with van der Waals surface area (Å²) in [4.78, 5) is 0. The van der Waals surface area contributed by atoms with Gasteiger partial charge in [0.25, 0.3) is 0 Å². The Morgan fingerprint density at radius 1 is 1.21 bits per heavy atom. The predicted octanol–water partition coefficient (Wildman–Crippen LogP) is 2.37. The molecule has 0 radical (unpaired) electrons. The average Bonchev–Trinajstić information content (AvgIpc) is 2.65. The fourth-order valence-corrected chi connectivity index (χ4v) is 1.34. The number of hydrogen-bond acceptors (Lipinski definition) is 2. The van der Waals surface area contributed by atoms with Crippen LogP contribution in [0.4, 0.5) is 0 Å². The standard InChI is InChI=1S/C12H12O2/c1-2-3-4-5-10-6-7-11-12(8-10)14-9-13-11/h6-8H,2,5,9H2,1H3. The molecule has 1 aliphatic rings. The fourth-order valence-electron chi connectivity index (χ4n) is 1.34. The van der Waals surface area contributed by atoms with E-state index in [0.29, 0.717) is 6.79 Å². The zero-order valence-electron chi connectivity index (χ0n) is 8.17. The number of benzene rings is 1. The summed E-state index contributed by atoms with van der Waals surface area (Å²) in [6.45, 7) is 2.38. The molecule has 0 N–H and O–H groups in total. The maximum Gasteiger partial charge on any atom is 0.231 e. The first-order valence-electron chi connectivity index (χ1n) is 4.74. The van der Waals surface area contributed by atoms with Crippen LogP contribution in [0.25, 0.3) is 0 Å². The SMILES string of the molecule is CCC#CCc1ccc2c(c1)OCO2. The third-order valence-corrected chi connectivity index (χ3v) is 2.03. The molecule has 0 saturated heterocycles. The first-order valence-corrected chi connectivity index (χ1v) is 4.74. The number of rotatable bonds is 1. The van der Waals surface area contributed by atoms with E-state index in [1.807, 2.05) is 25.1 Å². The van der Waals surface area contributed by atoms with Gasteiger partial charge in [-0.25, -0.2) is 0 Å². The van der Waals surface area contributed by atoms with E-state index < -0.39 is 0 Å². The maximum absolute atomic E-state index is 5.27. The molecule has 0 aromatic heterocycles. The first-order chi connectivity index (χ1) is 6.90. The molecular weight excluding hydrogens is 176 g/mol. The molecule has 1 aromatic carbocycles. The van der Waals surface area contributed by atoms with Crippen LogP contribution in [0.1, 0.15) is 18.9 Å². The highest BCUT2D eigenvalue weighted by Crippen LogP contribution is 2.32. The van der Waals surface area contributed by atoms with Gasteiger partial charge in [0.2, 0.25) is 6.79 Å². The van der Waals surface area contributed by atoms with Gasteiger partial charge in [-0.05, 0) is 17.7 Å². The van der Waals surface area contributed by atoms with Gasteiger partial charge in [0, 0.05) is 12.8 Å². The van der Waals surface area contributed by atoms with Gasteiger partial charge in [-0.1, -0.05) is 18.9 Å². The van der Waals surface area contributed by atoms with Crippen molar-refractivity contribution in [3.63, 3.8) is 0 Å². The highest BCUT2D eigenvalue weighted by atomic mass is 16.7. The van der Waals surface area contributed by atoms with Crippen molar-refractivity contribution in [1.29, 1.82) is 0 Å². The summed E-state index contributed by atoms with van der Waals surface area (Å²) in [5.41, 5.74) is 1.18. The Kier molecular flexibility index (Phi) is 2.60. The fraction of sp³-hybridized carbons (Fsp3) is 0.333. The zero-order valence-corrected chi connectivity index (χ0v) is 8.17. The molecule has 1 aliphatic heterocycles. The second kappa shape index (κ2) is 4.06. The summed E-state index contributed by atoms with van der Waals surface area (Å²) in [6.07, 6.45) is 1.69. The van der Waals surface area contributed by atoms with Crippen LogP contribution in [-0.4, -0.2) is 6.79 Å². The van der Waals surface area contributed by atoms with Crippen LogP contribution < -0.4 is 9.47 Å².